The van der Waals surface area contributed by atoms with Crippen LogP contribution in [0.3, 0.4) is 0 Å². The predicted molar refractivity (Wildman–Crippen MR) is 82.3 cm³/mol. The molecule has 0 unspecified atom stereocenters. The van der Waals surface area contributed by atoms with Crippen molar-refractivity contribution in [1.29, 1.82) is 0 Å². The molecule has 1 aromatic heterocycles. The number of tetrazole rings is 1. The van der Waals surface area contributed by atoms with Crippen LogP contribution in [0.1, 0.15) is 5.56 Å². The second-order valence-electron chi connectivity index (χ2n) is 4.80. The first kappa shape index (κ1) is 15.1. The molecule has 3 aromatic rings. The average Bonchev–Trinajstić information content (AvgIpc) is 3.04. The van der Waals surface area contributed by atoms with Crippen molar-refractivity contribution >= 4 is 15.7 Å². The van der Waals surface area contributed by atoms with Gasteiger partial charge in [-0.3, -0.25) is 4.72 Å². The number of aromatic amines is 1. The SMILES string of the molecule is O=S(=O)(Cc1ccc(F)cc1)Nc1ccc(-c2nn[nH]n2)cc1. The van der Waals surface area contributed by atoms with Crippen molar-refractivity contribution in [3.8, 4) is 11.4 Å². The molecule has 0 aliphatic heterocycles. The van der Waals surface area contributed by atoms with E-state index in [2.05, 4.69) is 25.3 Å². The van der Waals surface area contributed by atoms with Crippen LogP contribution in [-0.4, -0.2) is 29.0 Å². The standard InChI is InChI=1S/C14H12FN5O2S/c15-12-5-1-10(2-6-12)9-23(21,22)18-13-7-3-11(4-8-13)14-16-19-20-17-14/h1-8,18H,9H2,(H,16,17,19,20). The summed E-state index contributed by atoms with van der Waals surface area (Å²) in [6.45, 7) is 0. The van der Waals surface area contributed by atoms with Crippen molar-refractivity contribution in [3.05, 3.63) is 59.9 Å². The first-order chi connectivity index (χ1) is 11.0. The van der Waals surface area contributed by atoms with E-state index in [1.54, 1.807) is 24.3 Å². The highest BCUT2D eigenvalue weighted by atomic mass is 32.2. The summed E-state index contributed by atoms with van der Waals surface area (Å²) < 4.78 is 39.6. The molecule has 0 saturated carbocycles. The van der Waals surface area contributed by atoms with Crippen molar-refractivity contribution in [1.82, 2.24) is 20.6 Å². The molecule has 0 atom stereocenters. The average molecular weight is 333 g/mol. The van der Waals surface area contributed by atoms with Crippen molar-refractivity contribution in [2.75, 3.05) is 4.72 Å². The molecule has 0 fully saturated rings. The summed E-state index contributed by atoms with van der Waals surface area (Å²) in [5.41, 5.74) is 1.63. The van der Waals surface area contributed by atoms with E-state index in [1.807, 2.05) is 0 Å². The van der Waals surface area contributed by atoms with Gasteiger partial charge < -0.3 is 0 Å². The quantitative estimate of drug-likeness (QED) is 0.743. The van der Waals surface area contributed by atoms with Crippen LogP contribution in [0.2, 0.25) is 0 Å². The van der Waals surface area contributed by atoms with Gasteiger partial charge in [-0.05, 0) is 47.2 Å². The fourth-order valence-electron chi connectivity index (χ4n) is 1.99. The third-order valence-electron chi connectivity index (χ3n) is 3.03. The molecule has 0 spiro atoms. The van der Waals surface area contributed by atoms with Crippen LogP contribution in [0.15, 0.2) is 48.5 Å². The zero-order chi connectivity index (χ0) is 16.3. The topological polar surface area (TPSA) is 101 Å². The largest absolute Gasteiger partial charge is 0.283 e. The maximum Gasteiger partial charge on any atom is 0.236 e. The van der Waals surface area contributed by atoms with Crippen LogP contribution in [0, 0.1) is 5.82 Å². The van der Waals surface area contributed by atoms with Gasteiger partial charge in [-0.1, -0.05) is 12.1 Å². The molecule has 0 radical (unpaired) electrons. The highest BCUT2D eigenvalue weighted by molar-refractivity contribution is 7.91. The third-order valence-corrected chi connectivity index (χ3v) is 4.29. The Bertz CT molecular complexity index is 878. The molecule has 0 amide bonds. The third kappa shape index (κ3) is 3.89. The van der Waals surface area contributed by atoms with Crippen LogP contribution in [-0.2, 0) is 15.8 Å². The summed E-state index contributed by atoms with van der Waals surface area (Å²) in [4.78, 5) is 0. The summed E-state index contributed by atoms with van der Waals surface area (Å²) in [6, 6.07) is 11.9. The number of aromatic nitrogens is 4. The molecule has 3 rings (SSSR count). The molecule has 2 aromatic carbocycles. The summed E-state index contributed by atoms with van der Waals surface area (Å²) in [5.74, 6) is -0.221. The lowest BCUT2D eigenvalue weighted by Crippen LogP contribution is -2.15. The number of rotatable bonds is 5. The monoisotopic (exact) mass is 333 g/mol. The van der Waals surface area contributed by atoms with Gasteiger partial charge in [0.2, 0.25) is 15.8 Å². The molecule has 0 aliphatic rings. The first-order valence-corrected chi connectivity index (χ1v) is 8.26. The summed E-state index contributed by atoms with van der Waals surface area (Å²) >= 11 is 0. The molecule has 0 saturated heterocycles. The van der Waals surface area contributed by atoms with Crippen molar-refractivity contribution in [2.45, 2.75) is 5.75 Å². The number of benzene rings is 2. The number of sulfonamides is 1. The number of nitrogens with zero attached hydrogens (tertiary/aromatic N) is 3. The number of hydrogen-bond acceptors (Lipinski definition) is 5. The van der Waals surface area contributed by atoms with E-state index >= 15 is 0 Å². The first-order valence-electron chi connectivity index (χ1n) is 6.61. The second kappa shape index (κ2) is 6.13. The van der Waals surface area contributed by atoms with Crippen LogP contribution in [0.25, 0.3) is 11.4 Å². The molecule has 7 nitrogen and oxygen atoms in total. The number of hydrogen-bond donors (Lipinski definition) is 2. The molecule has 1 heterocycles. The van der Waals surface area contributed by atoms with Gasteiger partial charge in [0, 0.05) is 11.3 Å². The lowest BCUT2D eigenvalue weighted by atomic mass is 10.2. The van der Waals surface area contributed by atoms with Crippen molar-refractivity contribution in [2.24, 2.45) is 0 Å². The van der Waals surface area contributed by atoms with Crippen LogP contribution in [0.4, 0.5) is 10.1 Å². The van der Waals surface area contributed by atoms with E-state index in [1.165, 1.54) is 24.3 Å². The lowest BCUT2D eigenvalue weighted by molar-refractivity contribution is 0.600. The van der Waals surface area contributed by atoms with Gasteiger partial charge in [0.25, 0.3) is 0 Å². The van der Waals surface area contributed by atoms with Gasteiger partial charge in [-0.2, -0.15) is 5.21 Å². The minimum Gasteiger partial charge on any atom is -0.283 e. The van der Waals surface area contributed by atoms with E-state index in [0.29, 0.717) is 22.6 Å². The van der Waals surface area contributed by atoms with Gasteiger partial charge in [0.15, 0.2) is 0 Å². The Balaban J connectivity index is 1.71. The van der Waals surface area contributed by atoms with E-state index in [0.717, 1.165) is 0 Å². The Morgan fingerprint density at radius 1 is 1.04 bits per heavy atom. The number of H-pyrrole nitrogens is 1. The summed E-state index contributed by atoms with van der Waals surface area (Å²) in [5, 5.41) is 13.5. The smallest absolute Gasteiger partial charge is 0.236 e. The van der Waals surface area contributed by atoms with Gasteiger partial charge in [-0.25, -0.2) is 12.8 Å². The minimum atomic E-state index is -3.59. The number of anilines is 1. The fraction of sp³-hybridized carbons (Fsp3) is 0.0714. The molecular formula is C14H12FN5O2S. The zero-order valence-electron chi connectivity index (χ0n) is 11.8. The molecule has 2 N–H and O–H groups in total. The molecule has 118 valence electrons. The van der Waals surface area contributed by atoms with Gasteiger partial charge in [0.1, 0.15) is 5.82 Å². The maximum absolute atomic E-state index is 12.8. The van der Waals surface area contributed by atoms with Gasteiger partial charge in [0.05, 0.1) is 5.75 Å². The van der Waals surface area contributed by atoms with Crippen molar-refractivity contribution in [3.63, 3.8) is 0 Å². The predicted octanol–water partition coefficient (Wildman–Crippen LogP) is 1.95. The highest BCUT2D eigenvalue weighted by Gasteiger charge is 2.12. The highest BCUT2D eigenvalue weighted by Crippen LogP contribution is 2.18. The Morgan fingerprint density at radius 2 is 1.74 bits per heavy atom. The maximum atomic E-state index is 12.8. The molecule has 23 heavy (non-hydrogen) atoms. The van der Waals surface area contributed by atoms with Crippen molar-refractivity contribution < 1.29 is 12.8 Å². The Labute approximate surface area is 131 Å². The lowest BCUT2D eigenvalue weighted by Gasteiger charge is -2.08. The Morgan fingerprint density at radius 3 is 2.35 bits per heavy atom. The summed E-state index contributed by atoms with van der Waals surface area (Å²) in [7, 11) is -3.59. The zero-order valence-corrected chi connectivity index (χ0v) is 12.6. The molecule has 9 heteroatoms. The Kier molecular flexibility index (Phi) is 4.02. The molecule has 0 aliphatic carbocycles. The molecular weight excluding hydrogens is 321 g/mol. The number of halogens is 1. The fourth-order valence-corrected chi connectivity index (χ4v) is 3.19. The second-order valence-corrected chi connectivity index (χ2v) is 6.52. The van der Waals surface area contributed by atoms with E-state index in [-0.39, 0.29) is 5.75 Å². The van der Waals surface area contributed by atoms with Crippen LogP contribution >= 0.6 is 0 Å². The van der Waals surface area contributed by atoms with E-state index in [9.17, 15) is 12.8 Å². The minimum absolute atomic E-state index is 0.236. The summed E-state index contributed by atoms with van der Waals surface area (Å²) in [6.07, 6.45) is 0. The Hall–Kier alpha value is -2.81. The number of nitrogens with one attached hydrogen (secondary N) is 2. The van der Waals surface area contributed by atoms with E-state index in [4.69, 9.17) is 0 Å². The van der Waals surface area contributed by atoms with Gasteiger partial charge in [-0.15, -0.1) is 10.2 Å². The normalized spacial score (nSPS) is 11.3. The van der Waals surface area contributed by atoms with Gasteiger partial charge >= 0.3 is 0 Å². The van der Waals surface area contributed by atoms with E-state index < -0.39 is 15.8 Å². The van der Waals surface area contributed by atoms with Crippen LogP contribution < -0.4 is 4.72 Å². The van der Waals surface area contributed by atoms with Crippen LogP contribution in [0.5, 0.6) is 0 Å². The molecule has 0 bridgehead atoms.